The standard InChI is InChI=1S/C17H9NO2/c18-15-11-7-3-1-5-9(11)13-14(17(15)20)10-6-2-4-8-12(10)16(13)19/h1-8,18H/p+1. The summed E-state index contributed by atoms with van der Waals surface area (Å²) in [7, 11) is 0. The van der Waals surface area contributed by atoms with Gasteiger partial charge in [-0.2, -0.15) is 0 Å². The molecule has 3 heteroatoms. The smallest absolute Gasteiger partial charge is 0.258 e. The second-order valence-corrected chi connectivity index (χ2v) is 4.91. The second-order valence-electron chi connectivity index (χ2n) is 4.91. The molecular weight excluding hydrogens is 250 g/mol. The molecule has 94 valence electrons. The van der Waals surface area contributed by atoms with Crippen LogP contribution in [-0.4, -0.2) is 0 Å². The highest BCUT2D eigenvalue weighted by Gasteiger charge is 2.15. The predicted molar refractivity (Wildman–Crippen MR) is 76.7 cm³/mol. The fraction of sp³-hybridized carbons (Fsp3) is 0. The van der Waals surface area contributed by atoms with Crippen molar-refractivity contribution >= 4 is 21.5 Å². The minimum atomic E-state index is -0.253. The highest BCUT2D eigenvalue weighted by atomic mass is 16.1. The highest BCUT2D eigenvalue weighted by molar-refractivity contribution is 5.91. The molecule has 0 spiro atoms. The Labute approximate surface area is 112 Å². The van der Waals surface area contributed by atoms with Gasteiger partial charge in [-0.15, -0.1) is 0 Å². The molecule has 0 aromatic heterocycles. The van der Waals surface area contributed by atoms with E-state index in [2.05, 4.69) is 0 Å². The molecular formula is C17H10NO2+. The first-order valence-electron chi connectivity index (χ1n) is 6.35. The Morgan fingerprint density at radius 3 is 1.70 bits per heavy atom. The summed E-state index contributed by atoms with van der Waals surface area (Å²) >= 11 is 0. The number of hydrogen-bond donors (Lipinski definition) is 1. The summed E-state index contributed by atoms with van der Waals surface area (Å²) in [5, 5.41) is 9.79. The molecule has 20 heavy (non-hydrogen) atoms. The average molecular weight is 260 g/mol. The van der Waals surface area contributed by atoms with Crippen molar-refractivity contribution in [2.75, 3.05) is 0 Å². The molecule has 3 nitrogen and oxygen atoms in total. The first-order valence-corrected chi connectivity index (χ1v) is 6.35. The molecule has 0 saturated heterocycles. The fourth-order valence-corrected chi connectivity index (χ4v) is 2.97. The number of rotatable bonds is 0. The van der Waals surface area contributed by atoms with Crippen LogP contribution in [-0.2, 0) is 0 Å². The summed E-state index contributed by atoms with van der Waals surface area (Å²) in [5.41, 5.74) is -0.346. The summed E-state index contributed by atoms with van der Waals surface area (Å²) in [4.78, 5) is 25.1. The van der Waals surface area contributed by atoms with Crippen LogP contribution in [0.4, 0.5) is 0 Å². The zero-order valence-corrected chi connectivity index (χ0v) is 10.5. The second kappa shape index (κ2) is 3.61. The van der Waals surface area contributed by atoms with Gasteiger partial charge in [-0.05, 0) is 11.5 Å². The number of nitrogens with two attached hydrogens (primary N) is 1. The van der Waals surface area contributed by atoms with E-state index in [4.69, 9.17) is 5.41 Å². The molecule has 0 aliphatic heterocycles. The van der Waals surface area contributed by atoms with Crippen molar-refractivity contribution < 1.29 is 5.41 Å². The van der Waals surface area contributed by atoms with Crippen molar-refractivity contribution in [1.82, 2.24) is 0 Å². The van der Waals surface area contributed by atoms with Gasteiger partial charge in [0.2, 0.25) is 0 Å². The molecule has 0 atom stereocenters. The molecule has 0 amide bonds. The molecule has 0 radical (unpaired) electrons. The van der Waals surface area contributed by atoms with Crippen LogP contribution >= 0.6 is 0 Å². The average Bonchev–Trinajstić information content (AvgIpc) is 2.79. The molecule has 4 rings (SSSR count). The molecule has 2 N–H and O–H groups in total. The third kappa shape index (κ3) is 1.17. The Bertz CT molecular complexity index is 1200. The maximum atomic E-state index is 12.6. The van der Waals surface area contributed by atoms with Crippen molar-refractivity contribution in [2.45, 2.75) is 0 Å². The summed E-state index contributed by atoms with van der Waals surface area (Å²) in [6, 6.07) is 14.5. The van der Waals surface area contributed by atoms with E-state index in [1.807, 2.05) is 24.3 Å². The van der Waals surface area contributed by atoms with Crippen LogP contribution in [0.3, 0.4) is 0 Å². The van der Waals surface area contributed by atoms with Gasteiger partial charge in [0.1, 0.15) is 0 Å². The van der Waals surface area contributed by atoms with Crippen LogP contribution < -0.4 is 21.6 Å². The van der Waals surface area contributed by atoms with Crippen molar-refractivity contribution in [3.05, 3.63) is 84.8 Å². The Morgan fingerprint density at radius 1 is 0.600 bits per heavy atom. The van der Waals surface area contributed by atoms with Gasteiger partial charge in [-0.1, -0.05) is 42.5 Å². The van der Waals surface area contributed by atoms with Crippen LogP contribution in [0, 0.1) is 10.4 Å². The number of benzene rings is 2. The molecule has 0 unspecified atom stereocenters. The lowest BCUT2D eigenvalue weighted by Gasteiger charge is -1.93. The van der Waals surface area contributed by atoms with Crippen molar-refractivity contribution in [3.8, 4) is 0 Å². The molecule has 0 fully saturated rings. The molecule has 2 aliphatic rings. The van der Waals surface area contributed by atoms with Crippen LogP contribution in [0.15, 0.2) is 58.1 Å². The van der Waals surface area contributed by atoms with Gasteiger partial charge in [0, 0.05) is 21.2 Å². The maximum Gasteiger partial charge on any atom is 0.258 e. The minimum absolute atomic E-state index is 0.0936. The number of fused-ring (bicyclic) bond motifs is 4. The van der Waals surface area contributed by atoms with Crippen molar-refractivity contribution in [2.24, 2.45) is 0 Å². The lowest BCUT2D eigenvalue weighted by atomic mass is 10.1. The summed E-state index contributed by atoms with van der Waals surface area (Å²) in [5.74, 6) is 0. The topological polar surface area (TPSA) is 59.7 Å². The van der Waals surface area contributed by atoms with Gasteiger partial charge >= 0.3 is 0 Å². The molecule has 2 aromatic rings. The van der Waals surface area contributed by atoms with E-state index in [0.717, 1.165) is 5.39 Å². The zero-order valence-electron chi connectivity index (χ0n) is 10.5. The Morgan fingerprint density at radius 2 is 1.05 bits per heavy atom. The van der Waals surface area contributed by atoms with E-state index >= 15 is 0 Å². The molecule has 0 saturated carbocycles. The fourth-order valence-electron chi connectivity index (χ4n) is 2.97. The van der Waals surface area contributed by atoms with Gasteiger partial charge in [0.15, 0.2) is 5.43 Å². The highest BCUT2D eigenvalue weighted by Crippen LogP contribution is 2.17. The first kappa shape index (κ1) is 11.1. The summed E-state index contributed by atoms with van der Waals surface area (Å²) in [6.07, 6.45) is 0. The quantitative estimate of drug-likeness (QED) is 0.483. The van der Waals surface area contributed by atoms with Gasteiger partial charge in [-0.3, -0.25) is 15.0 Å². The van der Waals surface area contributed by atoms with Crippen LogP contribution in [0.2, 0.25) is 0 Å². The molecule has 2 aromatic carbocycles. The van der Waals surface area contributed by atoms with Gasteiger partial charge in [0.25, 0.3) is 10.8 Å². The van der Waals surface area contributed by atoms with E-state index in [0.29, 0.717) is 26.6 Å². The Balaban J connectivity index is 2.64. The Hall–Kier alpha value is -2.81. The lowest BCUT2D eigenvalue weighted by molar-refractivity contribution is -0.171. The first-order chi connectivity index (χ1) is 9.70. The third-order valence-corrected chi connectivity index (χ3v) is 3.88. The van der Waals surface area contributed by atoms with Gasteiger partial charge < -0.3 is 0 Å². The molecule has 2 aliphatic carbocycles. The van der Waals surface area contributed by atoms with E-state index in [1.165, 1.54) is 0 Å². The summed E-state index contributed by atoms with van der Waals surface area (Å²) < 4.78 is 0. The monoisotopic (exact) mass is 260 g/mol. The van der Waals surface area contributed by atoms with E-state index < -0.39 is 0 Å². The molecule has 0 bridgehead atoms. The largest absolute Gasteiger partial charge is 0.289 e. The number of hydrogen-bond acceptors (Lipinski definition) is 2. The normalized spacial score (nSPS) is 11.6. The minimum Gasteiger partial charge on any atom is -0.289 e. The van der Waals surface area contributed by atoms with Gasteiger partial charge in [-0.25, -0.2) is 0 Å². The summed E-state index contributed by atoms with van der Waals surface area (Å²) in [6.45, 7) is 0. The van der Waals surface area contributed by atoms with Crippen LogP contribution in [0.5, 0.6) is 0 Å². The zero-order chi connectivity index (χ0) is 13.9. The SMILES string of the molecule is [NH2+]=c1c(=O)c2c3ccccc3c(=O)c=2c2ccccc12. The van der Waals surface area contributed by atoms with Gasteiger partial charge in [0.05, 0.1) is 5.39 Å². The van der Waals surface area contributed by atoms with Crippen LogP contribution in [0.25, 0.3) is 21.5 Å². The molecule has 0 heterocycles. The third-order valence-electron chi connectivity index (χ3n) is 3.88. The Kier molecular flexibility index (Phi) is 1.99. The predicted octanol–water partition coefficient (Wildman–Crippen LogP) is -0.0264. The lowest BCUT2D eigenvalue weighted by Crippen LogP contribution is -2.54. The maximum absolute atomic E-state index is 12.6. The van der Waals surface area contributed by atoms with Crippen molar-refractivity contribution in [1.29, 1.82) is 0 Å². The van der Waals surface area contributed by atoms with E-state index in [9.17, 15) is 9.59 Å². The van der Waals surface area contributed by atoms with E-state index in [-0.39, 0.29) is 16.2 Å². The van der Waals surface area contributed by atoms with Crippen molar-refractivity contribution in [3.63, 3.8) is 0 Å². The van der Waals surface area contributed by atoms with Crippen LogP contribution in [0.1, 0.15) is 0 Å². The van der Waals surface area contributed by atoms with E-state index in [1.54, 1.807) is 24.3 Å².